The Morgan fingerprint density at radius 2 is 1.58 bits per heavy atom. The topological polar surface area (TPSA) is 84.9 Å². The first-order chi connectivity index (χ1) is 15.0. The summed E-state index contributed by atoms with van der Waals surface area (Å²) in [6.07, 6.45) is 3.79. The molecule has 1 saturated heterocycles. The zero-order valence-corrected chi connectivity index (χ0v) is 18.3. The van der Waals surface area contributed by atoms with E-state index < -0.39 is 10.0 Å². The van der Waals surface area contributed by atoms with Crippen molar-refractivity contribution in [3.63, 3.8) is 0 Å². The van der Waals surface area contributed by atoms with Gasteiger partial charge in [0.15, 0.2) is 11.5 Å². The molecule has 0 spiro atoms. The first-order valence-corrected chi connectivity index (χ1v) is 12.2. The van der Waals surface area contributed by atoms with Crippen LogP contribution in [-0.2, 0) is 27.7 Å². The van der Waals surface area contributed by atoms with Crippen molar-refractivity contribution in [2.75, 3.05) is 32.8 Å². The average Bonchev–Trinajstić information content (AvgIpc) is 2.80. The van der Waals surface area contributed by atoms with Gasteiger partial charge in [-0.05, 0) is 54.7 Å². The number of nitrogens with zero attached hydrogens (tertiary/aromatic N) is 1. The molecule has 0 atom stereocenters. The predicted molar refractivity (Wildman–Crippen MR) is 117 cm³/mol. The fourth-order valence-corrected chi connectivity index (χ4v) is 5.39. The standard InChI is InChI=1S/C23H28N2O5S/c26-23(24-11-10-19-6-9-21-22(16-19)30-15-14-29-21)17-18-4-7-20(8-5-18)31(27,28)25-12-2-1-3-13-25/h4-9,16H,1-3,10-15,17H2,(H,24,26). The van der Waals surface area contributed by atoms with E-state index in [1.54, 1.807) is 28.6 Å². The van der Waals surface area contributed by atoms with Gasteiger partial charge in [0.25, 0.3) is 0 Å². The fraction of sp³-hybridized carbons (Fsp3) is 0.435. The maximum absolute atomic E-state index is 12.7. The zero-order chi connectivity index (χ0) is 21.7. The molecule has 1 fully saturated rings. The summed E-state index contributed by atoms with van der Waals surface area (Å²) in [6, 6.07) is 12.5. The third-order valence-corrected chi connectivity index (χ3v) is 7.50. The highest BCUT2D eigenvalue weighted by molar-refractivity contribution is 7.89. The fourth-order valence-electron chi connectivity index (χ4n) is 3.87. The van der Waals surface area contributed by atoms with Gasteiger partial charge in [-0.1, -0.05) is 24.6 Å². The number of rotatable bonds is 7. The molecule has 0 bridgehead atoms. The summed E-state index contributed by atoms with van der Waals surface area (Å²) < 4.78 is 38.1. The molecule has 2 aliphatic rings. The SMILES string of the molecule is O=C(Cc1ccc(S(=O)(=O)N2CCCCC2)cc1)NCCc1ccc2c(c1)OCCO2. The second-order valence-corrected chi connectivity index (χ2v) is 9.80. The van der Waals surface area contributed by atoms with Crippen LogP contribution < -0.4 is 14.8 Å². The number of hydrogen-bond donors (Lipinski definition) is 1. The molecule has 0 saturated carbocycles. The highest BCUT2D eigenvalue weighted by atomic mass is 32.2. The van der Waals surface area contributed by atoms with E-state index in [4.69, 9.17) is 9.47 Å². The van der Waals surface area contributed by atoms with Crippen molar-refractivity contribution in [1.82, 2.24) is 9.62 Å². The number of carbonyl (C=O) groups excluding carboxylic acids is 1. The summed E-state index contributed by atoms with van der Waals surface area (Å²) in [5.74, 6) is 1.41. The van der Waals surface area contributed by atoms with Crippen LogP contribution in [0.3, 0.4) is 0 Å². The minimum Gasteiger partial charge on any atom is -0.486 e. The highest BCUT2D eigenvalue weighted by Gasteiger charge is 2.25. The molecule has 0 radical (unpaired) electrons. The molecule has 166 valence electrons. The number of carbonyl (C=O) groups is 1. The summed E-state index contributed by atoms with van der Waals surface area (Å²) in [7, 11) is -3.45. The number of hydrogen-bond acceptors (Lipinski definition) is 5. The second-order valence-electron chi connectivity index (χ2n) is 7.86. The van der Waals surface area contributed by atoms with Gasteiger partial charge in [0, 0.05) is 19.6 Å². The van der Waals surface area contributed by atoms with Gasteiger partial charge >= 0.3 is 0 Å². The van der Waals surface area contributed by atoms with E-state index in [9.17, 15) is 13.2 Å². The van der Waals surface area contributed by atoms with Gasteiger partial charge in [0.2, 0.25) is 15.9 Å². The Kier molecular flexibility index (Phi) is 6.77. The predicted octanol–water partition coefficient (Wildman–Crippen LogP) is 2.53. The number of sulfonamides is 1. The van der Waals surface area contributed by atoms with Crippen molar-refractivity contribution in [2.24, 2.45) is 0 Å². The lowest BCUT2D eigenvalue weighted by molar-refractivity contribution is -0.120. The van der Waals surface area contributed by atoms with E-state index in [1.807, 2.05) is 18.2 Å². The molecule has 2 aromatic rings. The molecule has 0 aliphatic carbocycles. The van der Waals surface area contributed by atoms with Crippen molar-refractivity contribution in [3.8, 4) is 11.5 Å². The van der Waals surface area contributed by atoms with Crippen LogP contribution in [0.2, 0.25) is 0 Å². The van der Waals surface area contributed by atoms with Gasteiger partial charge < -0.3 is 14.8 Å². The van der Waals surface area contributed by atoms with Crippen LogP contribution in [0.25, 0.3) is 0 Å². The summed E-state index contributed by atoms with van der Waals surface area (Å²) >= 11 is 0. The van der Waals surface area contributed by atoms with E-state index >= 15 is 0 Å². The summed E-state index contributed by atoms with van der Waals surface area (Å²) in [6.45, 7) is 2.78. The van der Waals surface area contributed by atoms with Crippen LogP contribution in [0.15, 0.2) is 47.4 Å². The maximum atomic E-state index is 12.7. The number of piperidine rings is 1. The Morgan fingerprint density at radius 1 is 0.903 bits per heavy atom. The van der Waals surface area contributed by atoms with E-state index in [0.29, 0.717) is 39.3 Å². The number of ether oxygens (including phenoxy) is 2. The smallest absolute Gasteiger partial charge is 0.243 e. The van der Waals surface area contributed by atoms with Crippen LogP contribution in [-0.4, -0.2) is 51.5 Å². The monoisotopic (exact) mass is 444 g/mol. The van der Waals surface area contributed by atoms with Crippen LogP contribution in [0.1, 0.15) is 30.4 Å². The number of fused-ring (bicyclic) bond motifs is 1. The third-order valence-electron chi connectivity index (χ3n) is 5.58. The molecule has 2 heterocycles. The lowest BCUT2D eigenvalue weighted by atomic mass is 10.1. The molecule has 2 aliphatic heterocycles. The lowest BCUT2D eigenvalue weighted by Gasteiger charge is -2.25. The second kappa shape index (κ2) is 9.70. The first-order valence-electron chi connectivity index (χ1n) is 10.8. The van der Waals surface area contributed by atoms with Gasteiger partial charge in [-0.25, -0.2) is 8.42 Å². The van der Waals surface area contributed by atoms with E-state index in [1.165, 1.54) is 0 Å². The Hall–Kier alpha value is -2.58. The summed E-state index contributed by atoms with van der Waals surface area (Å²) in [5.41, 5.74) is 1.85. The van der Waals surface area contributed by atoms with Gasteiger partial charge in [-0.3, -0.25) is 4.79 Å². The molecule has 7 nitrogen and oxygen atoms in total. The molecule has 0 unspecified atom stereocenters. The molecule has 1 amide bonds. The molecule has 8 heteroatoms. The summed E-state index contributed by atoms with van der Waals surface area (Å²) in [4.78, 5) is 12.6. The quantitative estimate of drug-likeness (QED) is 0.709. The largest absolute Gasteiger partial charge is 0.486 e. The van der Waals surface area contributed by atoms with Crippen LogP contribution in [0, 0.1) is 0 Å². The van der Waals surface area contributed by atoms with Crippen LogP contribution >= 0.6 is 0 Å². The molecular formula is C23H28N2O5S. The summed E-state index contributed by atoms with van der Waals surface area (Å²) in [5, 5.41) is 2.92. The van der Waals surface area contributed by atoms with Crippen LogP contribution in [0.4, 0.5) is 0 Å². The molecular weight excluding hydrogens is 416 g/mol. The Morgan fingerprint density at radius 3 is 2.32 bits per heavy atom. The minimum atomic E-state index is -3.45. The van der Waals surface area contributed by atoms with Crippen molar-refractivity contribution in [3.05, 3.63) is 53.6 Å². The Bertz CT molecular complexity index is 1010. The number of amides is 1. The molecule has 4 rings (SSSR count). The highest BCUT2D eigenvalue weighted by Crippen LogP contribution is 2.30. The van der Waals surface area contributed by atoms with Crippen molar-refractivity contribution in [2.45, 2.75) is 37.0 Å². The number of nitrogens with one attached hydrogen (secondary N) is 1. The Labute approximate surface area is 183 Å². The maximum Gasteiger partial charge on any atom is 0.243 e. The van der Waals surface area contributed by atoms with Crippen molar-refractivity contribution in [1.29, 1.82) is 0 Å². The molecule has 31 heavy (non-hydrogen) atoms. The normalized spacial score (nSPS) is 16.6. The van der Waals surface area contributed by atoms with Gasteiger partial charge in [0.05, 0.1) is 11.3 Å². The van der Waals surface area contributed by atoms with Crippen molar-refractivity contribution >= 4 is 15.9 Å². The van der Waals surface area contributed by atoms with E-state index in [-0.39, 0.29) is 17.2 Å². The van der Waals surface area contributed by atoms with Gasteiger partial charge in [-0.2, -0.15) is 4.31 Å². The molecule has 2 aromatic carbocycles. The van der Waals surface area contributed by atoms with Crippen LogP contribution in [0.5, 0.6) is 11.5 Å². The van der Waals surface area contributed by atoms with E-state index in [2.05, 4.69) is 5.32 Å². The zero-order valence-electron chi connectivity index (χ0n) is 17.5. The third kappa shape index (κ3) is 5.37. The van der Waals surface area contributed by atoms with E-state index in [0.717, 1.165) is 41.9 Å². The Balaban J connectivity index is 1.27. The van der Waals surface area contributed by atoms with Gasteiger partial charge in [-0.15, -0.1) is 0 Å². The van der Waals surface area contributed by atoms with Crippen molar-refractivity contribution < 1.29 is 22.7 Å². The molecule has 0 aromatic heterocycles. The molecule has 1 N–H and O–H groups in total. The average molecular weight is 445 g/mol. The minimum absolute atomic E-state index is 0.0934. The lowest BCUT2D eigenvalue weighted by Crippen LogP contribution is -2.35. The number of benzene rings is 2. The van der Waals surface area contributed by atoms with Gasteiger partial charge in [0.1, 0.15) is 13.2 Å². The first kappa shape index (κ1) is 21.6.